The van der Waals surface area contributed by atoms with Crippen LogP contribution in [0, 0.1) is 13.5 Å². The average molecular weight is 362 g/mol. The zero-order valence-corrected chi connectivity index (χ0v) is 15.3. The maximum absolute atomic E-state index is 12.7. The molecule has 0 saturated carbocycles. The Morgan fingerprint density at radius 1 is 1.41 bits per heavy atom. The van der Waals surface area contributed by atoms with Crippen molar-refractivity contribution in [1.29, 1.82) is 0 Å². The molecule has 0 radical (unpaired) electrons. The van der Waals surface area contributed by atoms with Crippen LogP contribution in [0.1, 0.15) is 24.1 Å². The van der Waals surface area contributed by atoms with E-state index in [0.29, 0.717) is 17.9 Å². The number of nitrogens with two attached hydrogens (primary N) is 1. The molecule has 0 spiro atoms. The summed E-state index contributed by atoms with van der Waals surface area (Å²) in [5.41, 5.74) is 10.5. The maximum atomic E-state index is 12.7. The number of piperidine rings is 1. The molecule has 0 aliphatic carbocycles. The number of pyridine rings is 1. The number of benzene rings is 1. The van der Waals surface area contributed by atoms with E-state index in [2.05, 4.69) is 19.7 Å². The second kappa shape index (κ2) is 6.89. The molecule has 0 bridgehead atoms. The highest BCUT2D eigenvalue weighted by Gasteiger charge is 2.22. The van der Waals surface area contributed by atoms with Crippen molar-refractivity contribution in [3.63, 3.8) is 0 Å². The molecule has 0 amide bonds. The molecule has 1 saturated heterocycles. The van der Waals surface area contributed by atoms with Crippen molar-refractivity contribution in [2.24, 2.45) is 5.73 Å². The molecule has 2 aromatic heterocycles. The van der Waals surface area contributed by atoms with E-state index in [1.165, 1.54) is 0 Å². The normalized spacial score (nSPS) is 17.2. The zero-order valence-electron chi connectivity index (χ0n) is 15.3. The number of imidazole rings is 1. The molecule has 138 valence electrons. The van der Waals surface area contributed by atoms with Gasteiger partial charge in [-0.1, -0.05) is 24.3 Å². The molecule has 7 nitrogen and oxygen atoms in total. The minimum Gasteiger partial charge on any atom is -0.368 e. The monoisotopic (exact) mass is 362 g/mol. The zero-order chi connectivity index (χ0) is 19.0. The Morgan fingerprint density at radius 2 is 2.22 bits per heavy atom. The molecule has 3 aromatic rings. The molecule has 1 fully saturated rings. The van der Waals surface area contributed by atoms with E-state index in [4.69, 9.17) is 12.3 Å². The van der Waals surface area contributed by atoms with Gasteiger partial charge in [0.15, 0.2) is 11.3 Å². The van der Waals surface area contributed by atoms with Gasteiger partial charge < -0.3 is 10.6 Å². The fourth-order valence-corrected chi connectivity index (χ4v) is 3.82. The summed E-state index contributed by atoms with van der Waals surface area (Å²) in [5, 5.41) is 0. The lowest BCUT2D eigenvalue weighted by Crippen LogP contribution is -2.43. The summed E-state index contributed by atoms with van der Waals surface area (Å²) in [6.07, 6.45) is 2.04. The summed E-state index contributed by atoms with van der Waals surface area (Å²) in [4.78, 5) is 25.9. The van der Waals surface area contributed by atoms with Crippen molar-refractivity contribution in [1.82, 2.24) is 14.5 Å². The number of anilines is 1. The number of fused-ring (bicyclic) bond motifs is 1. The van der Waals surface area contributed by atoms with Crippen molar-refractivity contribution in [3.8, 4) is 0 Å². The first-order valence-electron chi connectivity index (χ1n) is 9.13. The maximum Gasteiger partial charge on any atom is 0.327 e. The van der Waals surface area contributed by atoms with E-state index in [0.717, 1.165) is 48.4 Å². The van der Waals surface area contributed by atoms with Crippen LogP contribution in [-0.4, -0.2) is 33.7 Å². The molecule has 1 aliphatic heterocycles. The van der Waals surface area contributed by atoms with Crippen LogP contribution in [0.5, 0.6) is 0 Å². The lowest BCUT2D eigenvalue weighted by atomic mass is 10.1. The number of hydrogen-bond acceptors (Lipinski definition) is 4. The third-order valence-corrected chi connectivity index (χ3v) is 5.08. The van der Waals surface area contributed by atoms with Gasteiger partial charge in [-0.2, -0.15) is 0 Å². The van der Waals surface area contributed by atoms with E-state index in [1.807, 2.05) is 31.2 Å². The van der Waals surface area contributed by atoms with E-state index < -0.39 is 0 Å². The third kappa shape index (κ3) is 3.20. The van der Waals surface area contributed by atoms with Gasteiger partial charge in [0.1, 0.15) is 5.52 Å². The molecule has 1 atom stereocenters. The second-order valence-electron chi connectivity index (χ2n) is 7.09. The third-order valence-electron chi connectivity index (χ3n) is 5.08. The number of aryl methyl sites for hydroxylation is 1. The Labute approximate surface area is 157 Å². The van der Waals surface area contributed by atoms with Crippen molar-refractivity contribution < 1.29 is 0 Å². The van der Waals surface area contributed by atoms with Crippen molar-refractivity contribution >= 4 is 22.5 Å². The first-order chi connectivity index (χ1) is 13.1. The van der Waals surface area contributed by atoms with Gasteiger partial charge in [-0.3, -0.25) is 9.55 Å². The summed E-state index contributed by atoms with van der Waals surface area (Å²) < 4.78 is 1.68. The summed E-state index contributed by atoms with van der Waals surface area (Å²) >= 11 is 0. The largest absolute Gasteiger partial charge is 0.368 e. The number of aromatic nitrogens is 3. The SMILES string of the molecule is [C-]#[N+]c1ccccc1Cn1c(=O)[nH]c2nc(C)cc(N3CCC[C@@H](N)C3)c21. The van der Waals surface area contributed by atoms with Crippen LogP contribution in [-0.2, 0) is 6.54 Å². The van der Waals surface area contributed by atoms with E-state index >= 15 is 0 Å². The molecule has 0 unspecified atom stereocenters. The van der Waals surface area contributed by atoms with Crippen LogP contribution >= 0.6 is 0 Å². The molecule has 3 heterocycles. The Bertz CT molecular complexity index is 1090. The Kier molecular flexibility index (Phi) is 4.42. The highest BCUT2D eigenvalue weighted by atomic mass is 16.1. The van der Waals surface area contributed by atoms with Gasteiger partial charge in [0.2, 0.25) is 0 Å². The Balaban J connectivity index is 1.87. The predicted octanol–water partition coefficient (Wildman–Crippen LogP) is 2.56. The topological polar surface area (TPSA) is 84.3 Å². The van der Waals surface area contributed by atoms with E-state index in [1.54, 1.807) is 10.6 Å². The number of para-hydroxylation sites is 1. The summed E-state index contributed by atoms with van der Waals surface area (Å²) in [6.45, 7) is 11.3. The van der Waals surface area contributed by atoms with Crippen LogP contribution in [0.4, 0.5) is 11.4 Å². The smallest absolute Gasteiger partial charge is 0.327 e. The number of nitrogens with one attached hydrogen (secondary N) is 1. The molecule has 7 heteroatoms. The van der Waals surface area contributed by atoms with Gasteiger partial charge in [-0.15, -0.1) is 0 Å². The van der Waals surface area contributed by atoms with Gasteiger partial charge >= 0.3 is 5.69 Å². The van der Waals surface area contributed by atoms with Gasteiger partial charge in [0, 0.05) is 31.4 Å². The van der Waals surface area contributed by atoms with Gasteiger partial charge in [0.25, 0.3) is 0 Å². The number of nitrogens with zero attached hydrogens (tertiary/aromatic N) is 4. The van der Waals surface area contributed by atoms with Crippen LogP contribution in [0.3, 0.4) is 0 Å². The summed E-state index contributed by atoms with van der Waals surface area (Å²) in [7, 11) is 0. The lowest BCUT2D eigenvalue weighted by Gasteiger charge is -2.33. The highest BCUT2D eigenvalue weighted by Crippen LogP contribution is 2.29. The molecule has 3 N–H and O–H groups in total. The van der Waals surface area contributed by atoms with Gasteiger partial charge in [-0.05, 0) is 31.4 Å². The second-order valence-corrected chi connectivity index (χ2v) is 7.09. The number of aromatic amines is 1. The molecule has 1 aromatic carbocycles. The van der Waals surface area contributed by atoms with Gasteiger partial charge in [-0.25, -0.2) is 14.6 Å². The minimum atomic E-state index is -0.217. The quantitative estimate of drug-likeness (QED) is 0.702. The predicted molar refractivity (Wildman–Crippen MR) is 106 cm³/mol. The van der Waals surface area contributed by atoms with Gasteiger partial charge in [0.05, 0.1) is 12.3 Å². The first-order valence-corrected chi connectivity index (χ1v) is 9.13. The number of hydrogen-bond donors (Lipinski definition) is 2. The number of H-pyrrole nitrogens is 1. The Morgan fingerprint density at radius 3 is 3.00 bits per heavy atom. The van der Waals surface area contributed by atoms with Crippen LogP contribution < -0.4 is 16.3 Å². The minimum absolute atomic E-state index is 0.129. The summed E-state index contributed by atoms with van der Waals surface area (Å²) in [6, 6.07) is 9.53. The molecule has 27 heavy (non-hydrogen) atoms. The average Bonchev–Trinajstić information content (AvgIpc) is 2.96. The number of rotatable bonds is 3. The standard InChI is InChI=1S/C20H22N6O/c1-13-10-17(25-9-5-7-15(21)12-25)18-19(23-13)24-20(27)26(18)11-14-6-3-4-8-16(14)22-2/h3-4,6,8,10,15H,5,7,9,11-12,21H2,1H3,(H,23,24,27)/t15-/m1/s1. The lowest BCUT2D eigenvalue weighted by molar-refractivity contribution is 0.506. The molecular formula is C20H22N6O. The Hall–Kier alpha value is -3.11. The van der Waals surface area contributed by atoms with Crippen LogP contribution in [0.15, 0.2) is 35.1 Å². The van der Waals surface area contributed by atoms with Crippen molar-refractivity contribution in [2.75, 3.05) is 18.0 Å². The summed E-state index contributed by atoms with van der Waals surface area (Å²) in [5.74, 6) is 0. The fourth-order valence-electron chi connectivity index (χ4n) is 3.82. The molecule has 1 aliphatic rings. The highest BCUT2D eigenvalue weighted by molar-refractivity contribution is 5.87. The van der Waals surface area contributed by atoms with Crippen LogP contribution in [0.25, 0.3) is 16.0 Å². The van der Waals surface area contributed by atoms with Crippen molar-refractivity contribution in [2.45, 2.75) is 32.4 Å². The van der Waals surface area contributed by atoms with Crippen molar-refractivity contribution in [3.05, 3.63) is 63.5 Å². The molecular weight excluding hydrogens is 340 g/mol. The van der Waals surface area contributed by atoms with Crippen LogP contribution in [0.2, 0.25) is 0 Å². The molecule has 4 rings (SSSR count). The van der Waals surface area contributed by atoms with E-state index in [9.17, 15) is 4.79 Å². The fraction of sp³-hybridized carbons (Fsp3) is 0.350. The first kappa shape index (κ1) is 17.3. The van der Waals surface area contributed by atoms with E-state index in [-0.39, 0.29) is 11.7 Å².